The SMILES string of the molecule is CCNC(Cc1nc(C)no1)c1ccccc1. The largest absolute Gasteiger partial charge is 0.339 e. The van der Waals surface area contributed by atoms with E-state index < -0.39 is 0 Å². The van der Waals surface area contributed by atoms with Crippen molar-refractivity contribution in [3.63, 3.8) is 0 Å². The number of nitrogens with one attached hydrogen (secondary N) is 1. The van der Waals surface area contributed by atoms with Gasteiger partial charge >= 0.3 is 0 Å². The van der Waals surface area contributed by atoms with Crippen molar-refractivity contribution < 1.29 is 4.52 Å². The number of hydrogen-bond donors (Lipinski definition) is 1. The Balaban J connectivity index is 2.13. The summed E-state index contributed by atoms with van der Waals surface area (Å²) < 4.78 is 5.16. The van der Waals surface area contributed by atoms with Crippen LogP contribution in [0.5, 0.6) is 0 Å². The number of aromatic nitrogens is 2. The van der Waals surface area contributed by atoms with Crippen molar-refractivity contribution in [2.45, 2.75) is 26.3 Å². The molecule has 2 rings (SSSR count). The van der Waals surface area contributed by atoms with Crippen LogP contribution in [0, 0.1) is 6.92 Å². The van der Waals surface area contributed by atoms with E-state index in [1.54, 1.807) is 0 Å². The Morgan fingerprint density at radius 3 is 2.65 bits per heavy atom. The predicted molar refractivity (Wildman–Crippen MR) is 65.6 cm³/mol. The molecule has 0 saturated carbocycles. The Morgan fingerprint density at radius 2 is 2.06 bits per heavy atom. The zero-order chi connectivity index (χ0) is 12.1. The molecule has 2 aromatic rings. The van der Waals surface area contributed by atoms with Crippen LogP contribution in [0.2, 0.25) is 0 Å². The molecule has 0 aliphatic heterocycles. The van der Waals surface area contributed by atoms with Crippen molar-refractivity contribution in [3.8, 4) is 0 Å². The molecule has 17 heavy (non-hydrogen) atoms. The average Bonchev–Trinajstić information content (AvgIpc) is 2.75. The highest BCUT2D eigenvalue weighted by atomic mass is 16.5. The molecule has 0 fully saturated rings. The van der Waals surface area contributed by atoms with Crippen LogP contribution in [0.15, 0.2) is 34.9 Å². The van der Waals surface area contributed by atoms with Crippen molar-refractivity contribution >= 4 is 0 Å². The van der Waals surface area contributed by atoms with Gasteiger partial charge in [-0.3, -0.25) is 0 Å². The van der Waals surface area contributed by atoms with Crippen molar-refractivity contribution in [1.82, 2.24) is 15.5 Å². The first kappa shape index (κ1) is 11.8. The molecule has 0 spiro atoms. The van der Waals surface area contributed by atoms with Crippen molar-refractivity contribution in [3.05, 3.63) is 47.6 Å². The molecule has 0 bridgehead atoms. The molecule has 1 unspecified atom stereocenters. The molecule has 1 aromatic heterocycles. The van der Waals surface area contributed by atoms with E-state index in [2.05, 4.69) is 34.5 Å². The molecular weight excluding hydrogens is 214 g/mol. The molecule has 0 amide bonds. The standard InChI is InChI=1S/C13H17N3O/c1-3-14-12(11-7-5-4-6-8-11)9-13-15-10(2)16-17-13/h4-8,12,14H,3,9H2,1-2H3. The van der Waals surface area contributed by atoms with Gasteiger partial charge in [0.15, 0.2) is 5.82 Å². The number of likely N-dealkylation sites (N-methyl/N-ethyl adjacent to an activating group) is 1. The van der Waals surface area contributed by atoms with E-state index in [1.807, 2.05) is 25.1 Å². The maximum Gasteiger partial charge on any atom is 0.228 e. The van der Waals surface area contributed by atoms with E-state index in [0.29, 0.717) is 11.7 Å². The Bertz CT molecular complexity index is 453. The first-order chi connectivity index (χ1) is 8.29. The summed E-state index contributed by atoms with van der Waals surface area (Å²) in [6.07, 6.45) is 0.721. The van der Waals surface area contributed by atoms with Gasteiger partial charge in [0, 0.05) is 12.5 Å². The zero-order valence-electron chi connectivity index (χ0n) is 10.2. The fourth-order valence-corrected chi connectivity index (χ4v) is 1.84. The Morgan fingerprint density at radius 1 is 1.29 bits per heavy atom. The van der Waals surface area contributed by atoms with Gasteiger partial charge < -0.3 is 9.84 Å². The van der Waals surface area contributed by atoms with E-state index in [1.165, 1.54) is 5.56 Å². The van der Waals surface area contributed by atoms with E-state index >= 15 is 0 Å². The normalized spacial score (nSPS) is 12.6. The van der Waals surface area contributed by atoms with E-state index in [0.717, 1.165) is 13.0 Å². The van der Waals surface area contributed by atoms with Crippen molar-refractivity contribution in [2.75, 3.05) is 6.54 Å². The minimum Gasteiger partial charge on any atom is -0.339 e. The maximum absolute atomic E-state index is 5.16. The van der Waals surface area contributed by atoms with Gasteiger partial charge in [0.25, 0.3) is 0 Å². The van der Waals surface area contributed by atoms with E-state index in [9.17, 15) is 0 Å². The Kier molecular flexibility index (Phi) is 3.88. The molecule has 0 saturated heterocycles. The summed E-state index contributed by atoms with van der Waals surface area (Å²) in [6, 6.07) is 10.5. The minimum absolute atomic E-state index is 0.223. The molecule has 90 valence electrons. The average molecular weight is 231 g/mol. The van der Waals surface area contributed by atoms with Crippen LogP contribution >= 0.6 is 0 Å². The zero-order valence-corrected chi connectivity index (χ0v) is 10.2. The lowest BCUT2D eigenvalue weighted by atomic mass is 10.0. The second-order valence-electron chi connectivity index (χ2n) is 3.96. The lowest BCUT2D eigenvalue weighted by Crippen LogP contribution is -2.23. The first-order valence-corrected chi connectivity index (χ1v) is 5.87. The van der Waals surface area contributed by atoms with Crippen LogP contribution in [0.1, 0.15) is 30.2 Å². The number of aryl methyl sites for hydroxylation is 1. The van der Waals surface area contributed by atoms with Crippen molar-refractivity contribution in [2.24, 2.45) is 0 Å². The van der Waals surface area contributed by atoms with Crippen molar-refractivity contribution in [1.29, 1.82) is 0 Å². The molecule has 1 aromatic carbocycles. The minimum atomic E-state index is 0.223. The first-order valence-electron chi connectivity index (χ1n) is 5.87. The molecule has 0 aliphatic rings. The summed E-state index contributed by atoms with van der Waals surface area (Å²) in [4.78, 5) is 4.24. The lowest BCUT2D eigenvalue weighted by molar-refractivity contribution is 0.357. The molecule has 1 atom stereocenters. The van der Waals surface area contributed by atoms with Crippen LogP contribution in [0.3, 0.4) is 0 Å². The molecule has 1 N–H and O–H groups in total. The van der Waals surface area contributed by atoms with Gasteiger partial charge in [-0.05, 0) is 19.0 Å². The van der Waals surface area contributed by atoms with Gasteiger partial charge in [-0.25, -0.2) is 0 Å². The summed E-state index contributed by atoms with van der Waals surface area (Å²) in [6.45, 7) is 4.83. The van der Waals surface area contributed by atoms with E-state index in [4.69, 9.17) is 4.52 Å². The third-order valence-corrected chi connectivity index (χ3v) is 2.60. The van der Waals surface area contributed by atoms with Crippen LogP contribution in [-0.4, -0.2) is 16.7 Å². The third-order valence-electron chi connectivity index (χ3n) is 2.60. The van der Waals surface area contributed by atoms with Gasteiger partial charge in [0.2, 0.25) is 5.89 Å². The molecule has 1 heterocycles. The fraction of sp³-hybridized carbons (Fsp3) is 0.385. The second kappa shape index (κ2) is 5.59. The predicted octanol–water partition coefficient (Wildman–Crippen LogP) is 2.27. The van der Waals surface area contributed by atoms with Crippen LogP contribution in [-0.2, 0) is 6.42 Å². The third kappa shape index (κ3) is 3.14. The number of rotatable bonds is 5. The monoisotopic (exact) mass is 231 g/mol. The molecular formula is C13H17N3O. The number of hydrogen-bond acceptors (Lipinski definition) is 4. The Hall–Kier alpha value is -1.68. The van der Waals surface area contributed by atoms with E-state index in [-0.39, 0.29) is 6.04 Å². The second-order valence-corrected chi connectivity index (χ2v) is 3.96. The van der Waals surface area contributed by atoms with Crippen LogP contribution < -0.4 is 5.32 Å². The van der Waals surface area contributed by atoms with Gasteiger partial charge in [-0.1, -0.05) is 42.4 Å². The highest BCUT2D eigenvalue weighted by Gasteiger charge is 2.14. The van der Waals surface area contributed by atoms with Crippen LogP contribution in [0.25, 0.3) is 0 Å². The fourth-order valence-electron chi connectivity index (χ4n) is 1.84. The lowest BCUT2D eigenvalue weighted by Gasteiger charge is -2.16. The molecule has 4 nitrogen and oxygen atoms in total. The molecule has 4 heteroatoms. The van der Waals surface area contributed by atoms with Gasteiger partial charge in [0.05, 0.1) is 0 Å². The summed E-state index contributed by atoms with van der Waals surface area (Å²) in [5, 5.41) is 7.24. The molecule has 0 aliphatic carbocycles. The topological polar surface area (TPSA) is 51.0 Å². The maximum atomic E-state index is 5.16. The van der Waals surface area contributed by atoms with Gasteiger partial charge in [-0.2, -0.15) is 4.98 Å². The number of benzene rings is 1. The summed E-state index contributed by atoms with van der Waals surface area (Å²) in [5.74, 6) is 1.36. The van der Waals surface area contributed by atoms with Crippen LogP contribution in [0.4, 0.5) is 0 Å². The van der Waals surface area contributed by atoms with Gasteiger partial charge in [-0.15, -0.1) is 0 Å². The molecule has 0 radical (unpaired) electrons. The Labute approximate surface area is 101 Å². The summed E-state index contributed by atoms with van der Waals surface area (Å²) >= 11 is 0. The summed E-state index contributed by atoms with van der Waals surface area (Å²) in [7, 11) is 0. The summed E-state index contributed by atoms with van der Waals surface area (Å²) in [5.41, 5.74) is 1.24. The quantitative estimate of drug-likeness (QED) is 0.857. The highest BCUT2D eigenvalue weighted by molar-refractivity contribution is 5.19. The highest BCUT2D eigenvalue weighted by Crippen LogP contribution is 2.17. The van der Waals surface area contributed by atoms with Gasteiger partial charge in [0.1, 0.15) is 0 Å². The smallest absolute Gasteiger partial charge is 0.228 e. The number of nitrogens with zero attached hydrogens (tertiary/aromatic N) is 2.